The average molecular weight is 309 g/mol. The van der Waals surface area contributed by atoms with E-state index in [-0.39, 0.29) is 5.82 Å². The van der Waals surface area contributed by atoms with Gasteiger partial charge in [0.05, 0.1) is 12.3 Å². The summed E-state index contributed by atoms with van der Waals surface area (Å²) in [5.74, 6) is -0.173. The molecular formula is C21H23FN+. The number of hydrogen-bond acceptors (Lipinski definition) is 0. The van der Waals surface area contributed by atoms with E-state index in [1.54, 1.807) is 0 Å². The number of fused-ring (bicyclic) bond motifs is 1. The number of hydrogen-bond donors (Lipinski definition) is 0. The fourth-order valence-corrected chi connectivity index (χ4v) is 3.23. The van der Waals surface area contributed by atoms with Gasteiger partial charge in [0.15, 0.2) is 5.69 Å². The topological polar surface area (TPSA) is 3.88 Å². The summed E-state index contributed by atoms with van der Waals surface area (Å²) < 4.78 is 25.5. The second-order valence-electron chi connectivity index (χ2n) is 6.49. The van der Waals surface area contributed by atoms with Gasteiger partial charge in [-0.2, -0.15) is 4.57 Å². The van der Waals surface area contributed by atoms with Crippen LogP contribution < -0.4 is 4.57 Å². The van der Waals surface area contributed by atoms with Crippen molar-refractivity contribution >= 4 is 10.8 Å². The lowest BCUT2D eigenvalue weighted by Gasteiger charge is -2.14. The molecule has 0 aliphatic heterocycles. The minimum absolute atomic E-state index is 0.173. The van der Waals surface area contributed by atoms with Gasteiger partial charge in [-0.25, -0.2) is 4.39 Å². The Morgan fingerprint density at radius 3 is 2.39 bits per heavy atom. The smallest absolute Gasteiger partial charge is 0.206 e. The molecule has 0 saturated carbocycles. The molecule has 0 spiro atoms. The van der Waals surface area contributed by atoms with Gasteiger partial charge < -0.3 is 0 Å². The second kappa shape index (κ2) is 5.45. The van der Waals surface area contributed by atoms with Crippen LogP contribution in [0.5, 0.6) is 0 Å². The molecule has 23 heavy (non-hydrogen) atoms. The summed E-state index contributed by atoms with van der Waals surface area (Å²) in [6.07, 6.45) is 0. The van der Waals surface area contributed by atoms with E-state index in [9.17, 15) is 0 Å². The van der Waals surface area contributed by atoms with E-state index in [4.69, 9.17) is 1.37 Å². The van der Waals surface area contributed by atoms with Crippen molar-refractivity contribution in [2.24, 2.45) is 7.05 Å². The van der Waals surface area contributed by atoms with Crippen molar-refractivity contribution in [2.75, 3.05) is 0 Å². The highest BCUT2D eigenvalue weighted by molar-refractivity contribution is 5.94. The van der Waals surface area contributed by atoms with Crippen LogP contribution >= 0.6 is 0 Å². The summed E-state index contributed by atoms with van der Waals surface area (Å²) in [5.41, 5.74) is 6.12. The largest absolute Gasteiger partial charge is 0.223 e. The van der Waals surface area contributed by atoms with Crippen LogP contribution in [0, 0.1) is 40.4 Å². The first-order chi connectivity index (χ1) is 11.2. The molecule has 0 amide bonds. The lowest BCUT2D eigenvalue weighted by Crippen LogP contribution is -2.35. The number of aryl methyl sites for hydroxylation is 3. The standard InChI is InChI=1S/C21H23FN/c1-12-7-8-18-17(9-12)11-15(4)23(6)21(18)19-16(5)13(2)10-14(3)20(19)22/h7-11H,1-6H3/q+1/i11D. The molecule has 118 valence electrons. The minimum atomic E-state index is -0.173. The molecule has 1 nitrogen and oxygen atoms in total. The maximum Gasteiger partial charge on any atom is 0.223 e. The Hall–Kier alpha value is -2.22. The van der Waals surface area contributed by atoms with E-state index in [1.807, 2.05) is 70.5 Å². The summed E-state index contributed by atoms with van der Waals surface area (Å²) in [7, 11) is 1.92. The van der Waals surface area contributed by atoms with E-state index in [2.05, 4.69) is 0 Å². The van der Waals surface area contributed by atoms with Crippen molar-refractivity contribution in [2.45, 2.75) is 34.6 Å². The Morgan fingerprint density at radius 1 is 1.00 bits per heavy atom. The summed E-state index contributed by atoms with van der Waals surface area (Å²) in [5, 5.41) is 1.80. The molecule has 0 radical (unpaired) electrons. The maximum absolute atomic E-state index is 15.1. The van der Waals surface area contributed by atoms with Crippen LogP contribution in [0.3, 0.4) is 0 Å². The molecule has 2 heteroatoms. The summed E-state index contributed by atoms with van der Waals surface area (Å²) in [6.45, 7) is 9.73. The maximum atomic E-state index is 15.1. The third kappa shape index (κ3) is 2.42. The van der Waals surface area contributed by atoms with Crippen LogP contribution in [0.1, 0.15) is 29.3 Å². The second-order valence-corrected chi connectivity index (χ2v) is 6.49. The van der Waals surface area contributed by atoms with Crippen LogP contribution in [0.2, 0.25) is 0 Å². The van der Waals surface area contributed by atoms with Crippen molar-refractivity contribution in [3.8, 4) is 11.3 Å². The van der Waals surface area contributed by atoms with Crippen LogP contribution in [-0.4, -0.2) is 0 Å². The first kappa shape index (κ1) is 14.4. The predicted molar refractivity (Wildman–Crippen MR) is 94.2 cm³/mol. The quantitative estimate of drug-likeness (QED) is 0.556. The molecular weight excluding hydrogens is 285 g/mol. The molecule has 0 atom stereocenters. The number of aromatic nitrogens is 1. The molecule has 0 fully saturated rings. The number of halogens is 1. The Morgan fingerprint density at radius 2 is 1.70 bits per heavy atom. The van der Waals surface area contributed by atoms with E-state index in [0.717, 1.165) is 38.9 Å². The zero-order chi connectivity index (χ0) is 17.8. The first-order valence-corrected chi connectivity index (χ1v) is 7.90. The molecule has 3 aromatic rings. The monoisotopic (exact) mass is 309 g/mol. The SMILES string of the molecule is [2H]c1c(C)[n+](C)c(-c2c(C)c(C)cc(C)c2F)c2ccc(C)cc12. The number of nitrogens with zero attached hydrogens (tertiary/aromatic N) is 1. The molecule has 0 N–H and O–H groups in total. The molecule has 3 rings (SSSR count). The van der Waals surface area contributed by atoms with E-state index in [0.29, 0.717) is 17.2 Å². The fourth-order valence-electron chi connectivity index (χ4n) is 3.23. The van der Waals surface area contributed by atoms with Crippen LogP contribution in [0.25, 0.3) is 22.0 Å². The summed E-state index contributed by atoms with van der Waals surface area (Å²) in [6, 6.07) is 8.45. The molecule has 0 saturated heterocycles. The van der Waals surface area contributed by atoms with Gasteiger partial charge in [0.25, 0.3) is 0 Å². The number of rotatable bonds is 1. The van der Waals surface area contributed by atoms with Crippen molar-refractivity contribution in [3.05, 3.63) is 64.1 Å². The summed E-state index contributed by atoms with van der Waals surface area (Å²) in [4.78, 5) is 0. The Kier molecular flexibility index (Phi) is 3.41. The van der Waals surface area contributed by atoms with Crippen LogP contribution in [0.4, 0.5) is 4.39 Å². The molecule has 0 unspecified atom stereocenters. The normalized spacial score (nSPS) is 11.9. The van der Waals surface area contributed by atoms with Crippen LogP contribution in [0.15, 0.2) is 30.3 Å². The van der Waals surface area contributed by atoms with Crippen LogP contribution in [-0.2, 0) is 7.05 Å². The van der Waals surface area contributed by atoms with Gasteiger partial charge in [0, 0.05) is 13.0 Å². The van der Waals surface area contributed by atoms with Gasteiger partial charge in [-0.05, 0) is 55.8 Å². The Balaban J connectivity index is 2.58. The van der Waals surface area contributed by atoms with E-state index < -0.39 is 0 Å². The number of benzene rings is 2. The third-order valence-corrected chi connectivity index (χ3v) is 4.79. The summed E-state index contributed by atoms with van der Waals surface area (Å²) >= 11 is 0. The molecule has 1 aromatic heterocycles. The van der Waals surface area contributed by atoms with Gasteiger partial charge in [0.2, 0.25) is 5.69 Å². The van der Waals surface area contributed by atoms with Gasteiger partial charge in [0.1, 0.15) is 12.9 Å². The predicted octanol–water partition coefficient (Wildman–Crippen LogP) is 5.01. The molecule has 0 aliphatic carbocycles. The molecule has 1 heterocycles. The Labute approximate surface area is 138 Å². The van der Waals surface area contributed by atoms with E-state index in [1.165, 1.54) is 0 Å². The van der Waals surface area contributed by atoms with E-state index >= 15 is 4.39 Å². The fraction of sp³-hybridized carbons (Fsp3) is 0.286. The lowest BCUT2D eigenvalue weighted by atomic mass is 9.93. The van der Waals surface area contributed by atoms with Gasteiger partial charge in [-0.3, -0.25) is 0 Å². The third-order valence-electron chi connectivity index (χ3n) is 4.79. The van der Waals surface area contributed by atoms with Gasteiger partial charge in [-0.1, -0.05) is 23.8 Å². The first-order valence-electron chi connectivity index (χ1n) is 8.40. The molecule has 0 aliphatic rings. The Bertz CT molecular complexity index is 963. The molecule has 0 bridgehead atoms. The van der Waals surface area contributed by atoms with Gasteiger partial charge in [-0.15, -0.1) is 0 Å². The lowest BCUT2D eigenvalue weighted by molar-refractivity contribution is -0.665. The van der Waals surface area contributed by atoms with Crippen molar-refractivity contribution in [1.29, 1.82) is 0 Å². The number of pyridine rings is 1. The molecule has 2 aromatic carbocycles. The minimum Gasteiger partial charge on any atom is -0.206 e. The van der Waals surface area contributed by atoms with Crippen molar-refractivity contribution < 1.29 is 10.3 Å². The zero-order valence-electron chi connectivity index (χ0n) is 15.6. The zero-order valence-corrected chi connectivity index (χ0v) is 14.6. The average Bonchev–Trinajstić information content (AvgIpc) is 2.54. The highest BCUT2D eigenvalue weighted by Gasteiger charge is 2.24. The highest BCUT2D eigenvalue weighted by atomic mass is 19.1. The van der Waals surface area contributed by atoms with Crippen molar-refractivity contribution in [1.82, 2.24) is 0 Å². The van der Waals surface area contributed by atoms with Crippen molar-refractivity contribution in [3.63, 3.8) is 0 Å². The van der Waals surface area contributed by atoms with Gasteiger partial charge >= 0.3 is 0 Å². The highest BCUT2D eigenvalue weighted by Crippen LogP contribution is 2.33.